The number of Topliss-reactive ketones (excluding diaryl/α,β-unsaturated/α-hetero) is 1. The number of rotatable bonds is 4. The van der Waals surface area contributed by atoms with Crippen molar-refractivity contribution in [3.63, 3.8) is 0 Å². The first-order valence-electron chi connectivity index (χ1n) is 4.08. The molecule has 0 amide bonds. The molecule has 0 radical (unpaired) electrons. The van der Waals surface area contributed by atoms with Crippen LogP contribution >= 0.6 is 35.0 Å². The van der Waals surface area contributed by atoms with Gasteiger partial charge in [0.2, 0.25) is 0 Å². The average molecular weight is 249 g/mol. The molecule has 0 bridgehead atoms. The number of ketones is 1. The highest BCUT2D eigenvalue weighted by Gasteiger charge is 2.09. The fourth-order valence-electron chi connectivity index (χ4n) is 1.11. The van der Waals surface area contributed by atoms with Crippen molar-refractivity contribution in [1.29, 1.82) is 0 Å². The van der Waals surface area contributed by atoms with E-state index in [9.17, 15) is 4.79 Å². The molecule has 0 aromatic heterocycles. The minimum absolute atomic E-state index is 0.146. The summed E-state index contributed by atoms with van der Waals surface area (Å²) in [4.78, 5) is 11.4. The van der Waals surface area contributed by atoms with E-state index in [0.717, 1.165) is 5.56 Å². The van der Waals surface area contributed by atoms with Crippen LogP contribution in [0, 0.1) is 0 Å². The van der Waals surface area contributed by atoms with Gasteiger partial charge in [0.15, 0.2) is 0 Å². The molecule has 0 fully saturated rings. The zero-order valence-corrected chi connectivity index (χ0v) is 10.0. The lowest BCUT2D eigenvalue weighted by Gasteiger charge is -2.04. The van der Waals surface area contributed by atoms with Gasteiger partial charge in [0.25, 0.3) is 0 Å². The number of carbonyl (C=O) groups is 1. The molecular weight excluding hydrogens is 239 g/mol. The molecular formula is C10H10Cl2OS. The van der Waals surface area contributed by atoms with Gasteiger partial charge in [0, 0.05) is 16.5 Å². The van der Waals surface area contributed by atoms with E-state index in [-0.39, 0.29) is 5.78 Å². The van der Waals surface area contributed by atoms with Gasteiger partial charge in [-0.15, -0.1) is 0 Å². The highest BCUT2D eigenvalue weighted by atomic mass is 35.5. The van der Waals surface area contributed by atoms with E-state index in [1.54, 1.807) is 18.2 Å². The van der Waals surface area contributed by atoms with Crippen molar-refractivity contribution < 1.29 is 4.79 Å². The highest BCUT2D eigenvalue weighted by molar-refractivity contribution is 7.99. The topological polar surface area (TPSA) is 17.1 Å². The van der Waals surface area contributed by atoms with Gasteiger partial charge >= 0.3 is 0 Å². The molecule has 0 N–H and O–H groups in total. The molecule has 0 saturated heterocycles. The zero-order valence-electron chi connectivity index (χ0n) is 7.72. The van der Waals surface area contributed by atoms with Crippen LogP contribution in [-0.2, 0) is 11.2 Å². The van der Waals surface area contributed by atoms with Gasteiger partial charge in [-0.05, 0) is 24.0 Å². The molecule has 76 valence electrons. The van der Waals surface area contributed by atoms with Crippen LogP contribution < -0.4 is 0 Å². The lowest BCUT2D eigenvalue weighted by atomic mass is 10.1. The van der Waals surface area contributed by atoms with E-state index in [1.807, 2.05) is 6.26 Å². The molecule has 0 spiro atoms. The van der Waals surface area contributed by atoms with Crippen molar-refractivity contribution in [2.45, 2.75) is 6.42 Å². The van der Waals surface area contributed by atoms with Gasteiger partial charge in [-0.3, -0.25) is 4.79 Å². The predicted molar refractivity (Wildman–Crippen MR) is 63.6 cm³/mol. The van der Waals surface area contributed by atoms with E-state index in [4.69, 9.17) is 23.2 Å². The second-order valence-corrected chi connectivity index (χ2v) is 4.53. The Hall–Kier alpha value is -0.180. The summed E-state index contributed by atoms with van der Waals surface area (Å²) in [5.41, 5.74) is 0.731. The zero-order chi connectivity index (χ0) is 10.6. The maximum atomic E-state index is 11.4. The van der Waals surface area contributed by atoms with E-state index in [0.29, 0.717) is 22.2 Å². The van der Waals surface area contributed by atoms with Crippen LogP contribution in [0.4, 0.5) is 0 Å². The minimum Gasteiger partial charge on any atom is -0.298 e. The van der Waals surface area contributed by atoms with Gasteiger partial charge < -0.3 is 0 Å². The molecule has 1 rings (SSSR count). The summed E-state index contributed by atoms with van der Waals surface area (Å²) in [5, 5.41) is 1.12. The largest absolute Gasteiger partial charge is 0.298 e. The monoisotopic (exact) mass is 248 g/mol. The van der Waals surface area contributed by atoms with Crippen molar-refractivity contribution >= 4 is 40.7 Å². The highest BCUT2D eigenvalue weighted by Crippen LogP contribution is 2.24. The summed E-state index contributed by atoms with van der Waals surface area (Å²) in [6.45, 7) is 0. The molecule has 0 aliphatic carbocycles. The molecule has 0 aliphatic heterocycles. The lowest BCUT2D eigenvalue weighted by Crippen LogP contribution is -2.06. The summed E-state index contributed by atoms with van der Waals surface area (Å²) in [6, 6.07) is 5.26. The van der Waals surface area contributed by atoms with Crippen LogP contribution in [0.5, 0.6) is 0 Å². The molecule has 14 heavy (non-hydrogen) atoms. The van der Waals surface area contributed by atoms with Crippen LogP contribution in [0.25, 0.3) is 0 Å². The molecule has 0 saturated carbocycles. The van der Waals surface area contributed by atoms with Crippen molar-refractivity contribution in [1.82, 2.24) is 0 Å². The van der Waals surface area contributed by atoms with Crippen molar-refractivity contribution in [3.05, 3.63) is 33.8 Å². The second kappa shape index (κ2) is 5.64. The lowest BCUT2D eigenvalue weighted by molar-refractivity contribution is -0.115. The van der Waals surface area contributed by atoms with E-state index < -0.39 is 0 Å². The Morgan fingerprint density at radius 3 is 2.43 bits per heavy atom. The molecule has 1 aromatic carbocycles. The third kappa shape index (κ3) is 3.19. The molecule has 0 heterocycles. The molecule has 4 heteroatoms. The fraction of sp³-hybridized carbons (Fsp3) is 0.300. The van der Waals surface area contributed by atoms with Crippen molar-refractivity contribution in [3.8, 4) is 0 Å². The summed E-state index contributed by atoms with van der Waals surface area (Å²) in [7, 11) is 0. The maximum absolute atomic E-state index is 11.4. The summed E-state index contributed by atoms with van der Waals surface area (Å²) < 4.78 is 0. The van der Waals surface area contributed by atoms with E-state index in [2.05, 4.69) is 0 Å². The van der Waals surface area contributed by atoms with Crippen molar-refractivity contribution in [2.24, 2.45) is 0 Å². The molecule has 1 aromatic rings. The molecule has 0 aliphatic rings. The van der Waals surface area contributed by atoms with Gasteiger partial charge in [-0.2, -0.15) is 11.8 Å². The number of carbonyl (C=O) groups excluding carboxylic acids is 1. The number of hydrogen-bond donors (Lipinski definition) is 0. The third-order valence-electron chi connectivity index (χ3n) is 1.74. The van der Waals surface area contributed by atoms with Crippen LogP contribution in [0.2, 0.25) is 10.0 Å². The normalized spacial score (nSPS) is 10.2. The first-order valence-corrected chi connectivity index (χ1v) is 6.23. The average Bonchev–Trinajstić information content (AvgIpc) is 2.12. The Morgan fingerprint density at radius 1 is 1.36 bits per heavy atom. The van der Waals surface area contributed by atoms with Gasteiger partial charge in [-0.1, -0.05) is 29.3 Å². The Kier molecular flexibility index (Phi) is 4.79. The second-order valence-electron chi connectivity index (χ2n) is 2.85. The van der Waals surface area contributed by atoms with Crippen LogP contribution in [0.1, 0.15) is 5.56 Å². The molecule has 0 atom stereocenters. The first-order chi connectivity index (χ1) is 6.65. The Balaban J connectivity index is 2.80. The molecule has 1 nitrogen and oxygen atoms in total. The van der Waals surface area contributed by atoms with Crippen LogP contribution in [0.15, 0.2) is 18.2 Å². The number of hydrogen-bond acceptors (Lipinski definition) is 2. The van der Waals surface area contributed by atoms with E-state index >= 15 is 0 Å². The SMILES string of the molecule is CSCC(=O)Cc1c(Cl)cccc1Cl. The van der Waals surface area contributed by atoms with Gasteiger partial charge in [0.1, 0.15) is 5.78 Å². The van der Waals surface area contributed by atoms with Crippen LogP contribution in [0.3, 0.4) is 0 Å². The quantitative estimate of drug-likeness (QED) is 0.812. The smallest absolute Gasteiger partial charge is 0.147 e. The number of halogens is 2. The predicted octanol–water partition coefficient (Wildman–Crippen LogP) is 3.47. The maximum Gasteiger partial charge on any atom is 0.147 e. The Bertz CT molecular complexity index is 319. The summed E-state index contributed by atoms with van der Waals surface area (Å²) in [5.74, 6) is 0.647. The fourth-order valence-corrected chi connectivity index (χ4v) is 2.07. The molecule has 0 unspecified atom stereocenters. The van der Waals surface area contributed by atoms with Gasteiger partial charge in [-0.25, -0.2) is 0 Å². The van der Waals surface area contributed by atoms with E-state index in [1.165, 1.54) is 11.8 Å². The minimum atomic E-state index is 0.146. The summed E-state index contributed by atoms with van der Waals surface area (Å²) in [6.07, 6.45) is 2.21. The standard InChI is InChI=1S/C10H10Cl2OS/c1-14-6-7(13)5-8-9(11)3-2-4-10(8)12/h2-4H,5-6H2,1H3. The number of thioether (sulfide) groups is 1. The first kappa shape index (κ1) is 11.9. The summed E-state index contributed by atoms with van der Waals surface area (Å²) >= 11 is 13.4. The Labute approximate surface area is 97.8 Å². The van der Waals surface area contributed by atoms with Gasteiger partial charge in [0.05, 0.1) is 5.75 Å². The Morgan fingerprint density at radius 2 is 1.93 bits per heavy atom. The number of benzene rings is 1. The third-order valence-corrected chi connectivity index (χ3v) is 3.06. The van der Waals surface area contributed by atoms with Crippen molar-refractivity contribution in [2.75, 3.05) is 12.0 Å². The van der Waals surface area contributed by atoms with Crippen LogP contribution in [-0.4, -0.2) is 17.8 Å².